The molecule has 1 aromatic carbocycles. The summed E-state index contributed by atoms with van der Waals surface area (Å²) in [5.74, 6) is -0.342. The van der Waals surface area contributed by atoms with E-state index in [-0.39, 0.29) is 12.3 Å². The zero-order chi connectivity index (χ0) is 15.0. The van der Waals surface area contributed by atoms with E-state index in [1.54, 1.807) is 24.3 Å². The van der Waals surface area contributed by atoms with Crippen molar-refractivity contribution in [1.82, 2.24) is 9.13 Å². The van der Waals surface area contributed by atoms with E-state index in [1.807, 2.05) is 0 Å². The smallest absolute Gasteiger partial charge is 0.331 e. The zero-order valence-electron chi connectivity index (χ0n) is 11.3. The number of para-hydroxylation sites is 1. The number of nitrogens with zero attached hydrogens (tertiary/aromatic N) is 2. The molecule has 3 rings (SSSR count). The Hall–Kier alpha value is -2.89. The predicted molar refractivity (Wildman–Crippen MR) is 76.5 cm³/mol. The number of fused-ring (bicyclic) bond motifs is 1. The van der Waals surface area contributed by atoms with Crippen LogP contribution in [0.1, 0.15) is 10.4 Å². The number of hydrogen-bond donors (Lipinski definition) is 0. The van der Waals surface area contributed by atoms with Gasteiger partial charge in [-0.1, -0.05) is 18.2 Å². The number of rotatable bonds is 3. The molecule has 0 atom stereocenters. The van der Waals surface area contributed by atoms with Crippen molar-refractivity contribution in [2.75, 3.05) is 0 Å². The highest BCUT2D eigenvalue weighted by Crippen LogP contribution is 2.21. The molecule has 0 unspecified atom stereocenters. The van der Waals surface area contributed by atoms with Crippen LogP contribution in [0.25, 0.3) is 11.0 Å². The largest absolute Gasteiger partial charge is 0.464 e. The maximum absolute atomic E-state index is 12.3. The van der Waals surface area contributed by atoms with Gasteiger partial charge >= 0.3 is 5.69 Å². The third kappa shape index (κ3) is 2.20. The Kier molecular flexibility index (Phi) is 3.06. The van der Waals surface area contributed by atoms with Crippen LogP contribution in [-0.2, 0) is 13.6 Å². The van der Waals surface area contributed by atoms with Gasteiger partial charge in [0.05, 0.1) is 12.1 Å². The molecule has 0 saturated heterocycles. The Morgan fingerprint density at radius 1 is 1.19 bits per heavy atom. The van der Waals surface area contributed by atoms with E-state index in [4.69, 9.17) is 4.42 Å². The van der Waals surface area contributed by atoms with Crippen LogP contribution in [0.2, 0.25) is 0 Å². The average molecular weight is 284 g/mol. The fourth-order valence-corrected chi connectivity index (χ4v) is 2.18. The van der Waals surface area contributed by atoms with E-state index in [1.165, 1.54) is 30.1 Å². The Bertz CT molecular complexity index is 946. The normalized spacial score (nSPS) is 10.9. The Labute approximate surface area is 118 Å². The molecule has 6 nitrogen and oxygen atoms in total. The fraction of sp³-hybridized carbons (Fsp3) is 0.133. The highest BCUT2D eigenvalue weighted by Gasteiger charge is 2.16. The summed E-state index contributed by atoms with van der Waals surface area (Å²) in [7, 11) is 1.52. The lowest BCUT2D eigenvalue weighted by Crippen LogP contribution is -2.39. The molecular formula is C15H12N2O4. The number of Topliss-reactive ketones (excluding diaryl/α,β-unsaturated/α-hetero) is 1. The zero-order valence-corrected chi connectivity index (χ0v) is 11.3. The van der Waals surface area contributed by atoms with Gasteiger partial charge in [0, 0.05) is 24.7 Å². The summed E-state index contributed by atoms with van der Waals surface area (Å²) in [6, 6.07) is 8.36. The van der Waals surface area contributed by atoms with Gasteiger partial charge in [0.2, 0.25) is 0 Å². The number of carbonyl (C=O) groups excluding carboxylic acids is 1. The van der Waals surface area contributed by atoms with Crippen molar-refractivity contribution in [3.8, 4) is 0 Å². The average Bonchev–Trinajstić information content (AvgIpc) is 2.91. The molecule has 21 heavy (non-hydrogen) atoms. The van der Waals surface area contributed by atoms with Crippen molar-refractivity contribution in [2.45, 2.75) is 6.54 Å². The van der Waals surface area contributed by atoms with Crippen LogP contribution in [0.15, 0.2) is 56.8 Å². The van der Waals surface area contributed by atoms with Crippen molar-refractivity contribution in [1.29, 1.82) is 0 Å². The van der Waals surface area contributed by atoms with Crippen molar-refractivity contribution in [3.05, 3.63) is 69.2 Å². The second kappa shape index (κ2) is 4.90. The SMILES string of the molecule is Cn1ccc(=O)n(CC(=O)c2coc3ccccc23)c1=O. The molecule has 0 spiro atoms. The predicted octanol–water partition coefficient (Wildman–Crippen LogP) is 1.18. The van der Waals surface area contributed by atoms with Crippen LogP contribution in [0.3, 0.4) is 0 Å². The van der Waals surface area contributed by atoms with E-state index < -0.39 is 11.2 Å². The minimum absolute atomic E-state index is 0.310. The van der Waals surface area contributed by atoms with Crippen molar-refractivity contribution < 1.29 is 9.21 Å². The summed E-state index contributed by atoms with van der Waals surface area (Å²) < 4.78 is 7.46. The highest BCUT2D eigenvalue weighted by molar-refractivity contribution is 6.06. The number of aromatic nitrogens is 2. The first kappa shape index (κ1) is 13.1. The third-order valence-electron chi connectivity index (χ3n) is 3.32. The molecule has 0 N–H and O–H groups in total. The lowest BCUT2D eigenvalue weighted by Gasteiger charge is -2.05. The Morgan fingerprint density at radius 2 is 1.95 bits per heavy atom. The topological polar surface area (TPSA) is 74.2 Å². The molecule has 0 aliphatic rings. The van der Waals surface area contributed by atoms with Crippen molar-refractivity contribution >= 4 is 16.8 Å². The molecule has 0 saturated carbocycles. The molecule has 0 radical (unpaired) electrons. The van der Waals surface area contributed by atoms with Crippen LogP contribution in [0, 0.1) is 0 Å². The molecule has 2 aromatic heterocycles. The number of aryl methyl sites for hydroxylation is 1. The Balaban J connectivity index is 2.03. The van der Waals surface area contributed by atoms with E-state index in [0.717, 1.165) is 4.57 Å². The molecule has 0 aliphatic carbocycles. The number of furan rings is 1. The first-order valence-electron chi connectivity index (χ1n) is 6.34. The number of hydrogen-bond acceptors (Lipinski definition) is 4. The molecule has 0 amide bonds. The number of carbonyl (C=O) groups is 1. The summed E-state index contributed by atoms with van der Waals surface area (Å²) in [4.78, 5) is 36.0. The van der Waals surface area contributed by atoms with E-state index in [0.29, 0.717) is 16.5 Å². The number of benzene rings is 1. The van der Waals surface area contributed by atoms with Crippen molar-refractivity contribution in [3.63, 3.8) is 0 Å². The summed E-state index contributed by atoms with van der Waals surface area (Å²) in [6.07, 6.45) is 2.73. The van der Waals surface area contributed by atoms with Crippen LogP contribution >= 0.6 is 0 Å². The van der Waals surface area contributed by atoms with Gasteiger partial charge in [0.1, 0.15) is 11.8 Å². The molecule has 2 heterocycles. The second-order valence-corrected chi connectivity index (χ2v) is 4.70. The minimum atomic E-state index is -0.524. The maximum atomic E-state index is 12.3. The minimum Gasteiger partial charge on any atom is -0.464 e. The monoisotopic (exact) mass is 284 g/mol. The number of ketones is 1. The van der Waals surface area contributed by atoms with Gasteiger partial charge in [-0.15, -0.1) is 0 Å². The molecule has 3 aromatic rings. The highest BCUT2D eigenvalue weighted by atomic mass is 16.3. The third-order valence-corrected chi connectivity index (χ3v) is 3.32. The maximum Gasteiger partial charge on any atom is 0.331 e. The summed E-state index contributed by atoms with van der Waals surface area (Å²) in [5, 5.41) is 0.670. The van der Waals surface area contributed by atoms with Gasteiger partial charge in [-0.05, 0) is 6.07 Å². The molecule has 0 bridgehead atoms. The van der Waals surface area contributed by atoms with Crippen LogP contribution < -0.4 is 11.2 Å². The first-order valence-corrected chi connectivity index (χ1v) is 6.34. The van der Waals surface area contributed by atoms with Crippen LogP contribution in [0.5, 0.6) is 0 Å². The van der Waals surface area contributed by atoms with Crippen molar-refractivity contribution in [2.24, 2.45) is 7.05 Å². The summed E-state index contributed by atoms with van der Waals surface area (Å²) in [6.45, 7) is -0.310. The molecule has 0 aliphatic heterocycles. The lowest BCUT2D eigenvalue weighted by molar-refractivity contribution is 0.0969. The van der Waals surface area contributed by atoms with Gasteiger partial charge in [-0.3, -0.25) is 14.2 Å². The van der Waals surface area contributed by atoms with Crippen LogP contribution in [-0.4, -0.2) is 14.9 Å². The van der Waals surface area contributed by atoms with Crippen LogP contribution in [0.4, 0.5) is 0 Å². The second-order valence-electron chi connectivity index (χ2n) is 4.70. The fourth-order valence-electron chi connectivity index (χ4n) is 2.18. The lowest BCUT2D eigenvalue weighted by atomic mass is 10.1. The van der Waals surface area contributed by atoms with Gasteiger partial charge in [0.25, 0.3) is 5.56 Å². The quantitative estimate of drug-likeness (QED) is 0.677. The van der Waals surface area contributed by atoms with E-state index >= 15 is 0 Å². The summed E-state index contributed by atoms with van der Waals surface area (Å²) in [5.41, 5.74) is -0.0690. The van der Waals surface area contributed by atoms with E-state index in [2.05, 4.69) is 0 Å². The van der Waals surface area contributed by atoms with Gasteiger partial charge in [-0.25, -0.2) is 4.79 Å². The standard InChI is InChI=1S/C15H12N2O4/c1-16-7-6-14(19)17(15(16)20)8-12(18)11-9-21-13-5-3-2-4-10(11)13/h2-7,9H,8H2,1H3. The van der Waals surface area contributed by atoms with Gasteiger partial charge < -0.3 is 8.98 Å². The summed E-state index contributed by atoms with van der Waals surface area (Å²) >= 11 is 0. The Morgan fingerprint density at radius 3 is 2.76 bits per heavy atom. The van der Waals surface area contributed by atoms with Gasteiger partial charge in [-0.2, -0.15) is 0 Å². The molecule has 6 heteroatoms. The van der Waals surface area contributed by atoms with Gasteiger partial charge in [0.15, 0.2) is 5.78 Å². The molecular weight excluding hydrogens is 272 g/mol. The first-order chi connectivity index (χ1) is 10.1. The van der Waals surface area contributed by atoms with E-state index in [9.17, 15) is 14.4 Å². The molecule has 106 valence electrons. The molecule has 0 fully saturated rings.